The van der Waals surface area contributed by atoms with Crippen LogP contribution in [0, 0.1) is 12.8 Å². The highest BCUT2D eigenvalue weighted by molar-refractivity contribution is 5.83. The number of hydrogen-bond acceptors (Lipinski definition) is 3. The Balaban J connectivity index is 1.67. The first-order valence-electron chi connectivity index (χ1n) is 9.66. The summed E-state index contributed by atoms with van der Waals surface area (Å²) in [6.45, 7) is 6.13. The van der Waals surface area contributed by atoms with Crippen molar-refractivity contribution in [2.45, 2.75) is 38.1 Å². The smallest absolute Gasteiger partial charge is 0.226 e. The Bertz CT molecular complexity index is 593. The van der Waals surface area contributed by atoms with Crippen LogP contribution in [0.2, 0.25) is 0 Å². The molecule has 2 aliphatic rings. The van der Waals surface area contributed by atoms with Gasteiger partial charge in [-0.1, -0.05) is 29.8 Å². The zero-order valence-electron chi connectivity index (χ0n) is 16.2. The molecule has 0 aromatic heterocycles. The summed E-state index contributed by atoms with van der Waals surface area (Å²) in [6.07, 6.45) is 3.24. The molecule has 2 atom stereocenters. The third-order valence-electron chi connectivity index (χ3n) is 5.78. The maximum absolute atomic E-state index is 13.3. The molecular weight excluding hydrogens is 310 g/mol. The lowest BCUT2D eigenvalue weighted by Crippen LogP contribution is -2.49. The lowest BCUT2D eigenvalue weighted by molar-refractivity contribution is -0.136. The van der Waals surface area contributed by atoms with Crippen molar-refractivity contribution in [2.24, 2.45) is 5.92 Å². The molecule has 1 saturated heterocycles. The molecule has 0 unspecified atom stereocenters. The maximum atomic E-state index is 13.3. The van der Waals surface area contributed by atoms with Gasteiger partial charge in [0.15, 0.2) is 0 Å². The molecule has 0 bridgehead atoms. The summed E-state index contributed by atoms with van der Waals surface area (Å²) in [4.78, 5) is 20.0. The molecular formula is C21H33N3O. The highest BCUT2D eigenvalue weighted by atomic mass is 16.2. The number of nitrogens with zero attached hydrogens (tertiary/aromatic N) is 3. The third-order valence-corrected chi connectivity index (χ3v) is 5.78. The fraction of sp³-hybridized carbons (Fsp3) is 0.667. The monoisotopic (exact) mass is 343 g/mol. The van der Waals surface area contributed by atoms with Gasteiger partial charge in [0, 0.05) is 25.0 Å². The number of likely N-dealkylation sites (tertiary alicyclic amines) is 1. The average Bonchev–Trinajstić information content (AvgIpc) is 3.37. The second-order valence-electron chi connectivity index (χ2n) is 8.23. The number of carbonyl (C=O) groups excluding carboxylic acids is 1. The van der Waals surface area contributed by atoms with Gasteiger partial charge >= 0.3 is 0 Å². The summed E-state index contributed by atoms with van der Waals surface area (Å²) >= 11 is 0. The SMILES string of the molecule is Cc1cccc([C@@H]2C[C@H]2C(=O)N(CCN(C)C)C2CCN(C)CC2)c1. The number of benzene rings is 1. The van der Waals surface area contributed by atoms with Crippen molar-refractivity contribution in [1.82, 2.24) is 14.7 Å². The van der Waals surface area contributed by atoms with E-state index in [4.69, 9.17) is 0 Å². The predicted molar refractivity (Wildman–Crippen MR) is 103 cm³/mol. The molecule has 4 nitrogen and oxygen atoms in total. The number of hydrogen-bond donors (Lipinski definition) is 0. The minimum Gasteiger partial charge on any atom is -0.338 e. The summed E-state index contributed by atoms with van der Waals surface area (Å²) in [6, 6.07) is 9.10. The van der Waals surface area contributed by atoms with E-state index < -0.39 is 0 Å². The number of amides is 1. The molecule has 0 radical (unpaired) electrons. The van der Waals surface area contributed by atoms with Crippen LogP contribution in [0.25, 0.3) is 0 Å². The fourth-order valence-corrected chi connectivity index (χ4v) is 4.04. The maximum Gasteiger partial charge on any atom is 0.226 e. The van der Waals surface area contributed by atoms with E-state index in [1.165, 1.54) is 11.1 Å². The predicted octanol–water partition coefficient (Wildman–Crippen LogP) is 2.58. The minimum absolute atomic E-state index is 0.198. The molecule has 4 heteroatoms. The van der Waals surface area contributed by atoms with Gasteiger partial charge in [-0.25, -0.2) is 0 Å². The third kappa shape index (κ3) is 4.62. The van der Waals surface area contributed by atoms with Crippen molar-refractivity contribution in [3.8, 4) is 0 Å². The van der Waals surface area contributed by atoms with Crippen LogP contribution in [-0.2, 0) is 4.79 Å². The van der Waals surface area contributed by atoms with Crippen LogP contribution in [0.5, 0.6) is 0 Å². The first-order valence-corrected chi connectivity index (χ1v) is 9.66. The normalized spacial score (nSPS) is 24.5. The molecule has 25 heavy (non-hydrogen) atoms. The zero-order valence-corrected chi connectivity index (χ0v) is 16.2. The molecule has 1 saturated carbocycles. The van der Waals surface area contributed by atoms with Gasteiger partial charge in [-0.15, -0.1) is 0 Å². The van der Waals surface area contributed by atoms with Crippen LogP contribution in [0.4, 0.5) is 0 Å². The molecule has 0 N–H and O–H groups in total. The number of aryl methyl sites for hydroxylation is 1. The van der Waals surface area contributed by atoms with Gasteiger partial charge in [0.2, 0.25) is 5.91 Å². The van der Waals surface area contributed by atoms with Crippen molar-refractivity contribution < 1.29 is 4.79 Å². The Hall–Kier alpha value is -1.39. The summed E-state index contributed by atoms with van der Waals surface area (Å²) in [5.74, 6) is 1.02. The van der Waals surface area contributed by atoms with E-state index in [-0.39, 0.29) is 5.92 Å². The molecule has 1 aromatic rings. The van der Waals surface area contributed by atoms with Crippen molar-refractivity contribution >= 4 is 5.91 Å². The molecule has 1 aromatic carbocycles. The Labute approximate surface area is 152 Å². The van der Waals surface area contributed by atoms with Crippen molar-refractivity contribution in [2.75, 3.05) is 47.3 Å². The molecule has 3 rings (SSSR count). The lowest BCUT2D eigenvalue weighted by Gasteiger charge is -2.38. The molecule has 1 amide bonds. The number of rotatable bonds is 6. The largest absolute Gasteiger partial charge is 0.338 e. The highest BCUT2D eigenvalue weighted by Crippen LogP contribution is 2.49. The van der Waals surface area contributed by atoms with E-state index in [2.05, 4.69) is 67.0 Å². The van der Waals surface area contributed by atoms with Crippen LogP contribution in [0.1, 0.15) is 36.3 Å². The lowest BCUT2D eigenvalue weighted by atomic mass is 10.0. The van der Waals surface area contributed by atoms with Crippen LogP contribution < -0.4 is 0 Å². The summed E-state index contributed by atoms with van der Waals surface area (Å²) in [5.41, 5.74) is 2.63. The minimum atomic E-state index is 0.198. The van der Waals surface area contributed by atoms with E-state index >= 15 is 0 Å². The number of carbonyl (C=O) groups is 1. The van der Waals surface area contributed by atoms with Gasteiger partial charge in [0.1, 0.15) is 0 Å². The molecule has 1 aliphatic heterocycles. The van der Waals surface area contributed by atoms with Gasteiger partial charge in [-0.05, 0) is 71.9 Å². The standard InChI is InChI=1S/C21H33N3O/c1-16-6-5-7-17(14-16)19-15-20(19)21(25)24(13-12-22(2)3)18-8-10-23(4)11-9-18/h5-7,14,18-20H,8-13,15H2,1-4H3/t19-,20+/m0/s1. The van der Waals surface area contributed by atoms with Gasteiger partial charge in [-0.2, -0.15) is 0 Å². The van der Waals surface area contributed by atoms with E-state index in [0.29, 0.717) is 17.9 Å². The zero-order chi connectivity index (χ0) is 18.0. The van der Waals surface area contributed by atoms with Crippen molar-refractivity contribution in [3.05, 3.63) is 35.4 Å². The Kier molecular flexibility index (Phi) is 5.80. The van der Waals surface area contributed by atoms with Crippen LogP contribution in [0.15, 0.2) is 24.3 Å². The first kappa shape index (κ1) is 18.4. The molecule has 2 fully saturated rings. The fourth-order valence-electron chi connectivity index (χ4n) is 4.04. The first-order chi connectivity index (χ1) is 12.0. The van der Waals surface area contributed by atoms with Crippen LogP contribution in [-0.4, -0.2) is 74.0 Å². The topological polar surface area (TPSA) is 26.8 Å². The Morgan fingerprint density at radius 1 is 1.20 bits per heavy atom. The van der Waals surface area contributed by atoms with Gasteiger partial charge in [0.25, 0.3) is 0 Å². The van der Waals surface area contributed by atoms with Gasteiger partial charge in [0.05, 0.1) is 0 Å². The van der Waals surface area contributed by atoms with Crippen molar-refractivity contribution in [1.29, 1.82) is 0 Å². The Morgan fingerprint density at radius 2 is 1.92 bits per heavy atom. The molecule has 1 heterocycles. The number of piperidine rings is 1. The van der Waals surface area contributed by atoms with E-state index in [1.807, 2.05) is 0 Å². The Morgan fingerprint density at radius 3 is 2.56 bits per heavy atom. The second-order valence-corrected chi connectivity index (χ2v) is 8.23. The van der Waals surface area contributed by atoms with Crippen molar-refractivity contribution in [3.63, 3.8) is 0 Å². The number of likely N-dealkylation sites (N-methyl/N-ethyl adjacent to an activating group) is 1. The second kappa shape index (κ2) is 7.88. The van der Waals surface area contributed by atoms with Crippen LogP contribution in [0.3, 0.4) is 0 Å². The highest BCUT2D eigenvalue weighted by Gasteiger charge is 2.46. The summed E-state index contributed by atoms with van der Waals surface area (Å²) < 4.78 is 0. The quantitative estimate of drug-likeness (QED) is 0.794. The van der Waals surface area contributed by atoms with Crippen LogP contribution >= 0.6 is 0 Å². The average molecular weight is 344 g/mol. The van der Waals surface area contributed by atoms with Gasteiger partial charge < -0.3 is 14.7 Å². The molecule has 138 valence electrons. The van der Waals surface area contributed by atoms with E-state index in [1.54, 1.807) is 0 Å². The van der Waals surface area contributed by atoms with E-state index in [9.17, 15) is 4.79 Å². The molecule has 0 spiro atoms. The van der Waals surface area contributed by atoms with Gasteiger partial charge in [-0.3, -0.25) is 4.79 Å². The molecule has 1 aliphatic carbocycles. The summed E-state index contributed by atoms with van der Waals surface area (Å²) in [7, 11) is 6.35. The van der Waals surface area contributed by atoms with E-state index in [0.717, 1.165) is 45.4 Å². The summed E-state index contributed by atoms with van der Waals surface area (Å²) in [5, 5.41) is 0.